The Kier molecular flexibility index (Phi) is 38.0. The lowest BCUT2D eigenvalue weighted by molar-refractivity contribution is -0.144. The molecule has 728 valence electrons. The number of aromatic nitrogens is 8. The molecule has 0 unspecified atom stereocenters. The third-order valence-electron chi connectivity index (χ3n) is 17.4. The molecule has 15 N–H and O–H groups in total. The minimum atomic E-state index is -5.00. The highest BCUT2D eigenvalue weighted by Gasteiger charge is 2.43. The Morgan fingerprint density at radius 2 is 0.667 bits per heavy atom. The van der Waals surface area contributed by atoms with Crippen molar-refractivity contribution in [3.8, 4) is 45.5 Å². The first-order valence-corrected chi connectivity index (χ1v) is 38.0. The van der Waals surface area contributed by atoms with E-state index in [1.807, 2.05) is 6.07 Å². The Balaban J connectivity index is 0.000000301. The molecule has 4 aromatic heterocycles. The molecule has 0 bridgehead atoms. The van der Waals surface area contributed by atoms with Crippen LogP contribution in [0.1, 0.15) is 63.3 Å². The summed E-state index contributed by atoms with van der Waals surface area (Å²) in [5, 5.41) is 39.9. The molecule has 0 radical (unpaired) electrons. The highest BCUT2D eigenvalue weighted by molar-refractivity contribution is 14.0. The highest BCUT2D eigenvalue weighted by atomic mass is 127. The minimum Gasteiger partial charge on any atom is -0.423 e. The van der Waals surface area contributed by atoms with Gasteiger partial charge in [-0.15, -0.1) is 33.9 Å². The largest absolute Gasteiger partial charge is 0.488 e. The van der Waals surface area contributed by atoms with Crippen LogP contribution in [0.3, 0.4) is 0 Å². The second kappa shape index (κ2) is 46.0. The van der Waals surface area contributed by atoms with Crippen LogP contribution in [0, 0.1) is 62.1 Å². The Labute approximate surface area is 820 Å². The number of hydrogen-bond donors (Lipinski definition) is 9. The fraction of sp³-hybridized carbons (Fsp3) is 0.108. The number of fused-ring (bicyclic) bond motifs is 4. The molecule has 58 heteroatoms. The van der Waals surface area contributed by atoms with Crippen LogP contribution in [-0.4, -0.2) is 68.6 Å². The standard InChI is InChI=1S/C20H8F6N6.C20H6F6N6.C14H10F6N2.C8H5BF6O2.C8Cl2N2O2.C6H7BrN2.C6Cl2N4.CH4.HI.H3N/c2*1-28-16-15(8-27)31-17-18(32-16)30-14-6-9(2-3-13(14)29-17)10-4-11(19(21,22)23)7-12(5-10)20(24,25)26;15-13(16,17)9-3-8(4-10(6-9)14(18,19)20)7-1-2-11(21)12(22)5-7;10-7(11,12)4-1-5(8(13,14)15)3-6(2-4)9(16)17;1-11-5-6(12-2)8(14)4(10)3(9)7(5)13;7-4-1-2-5(8)6(9)3-4;1-9-5-6(10-2)12-4(8)3(7)11-5;;;/h2-7H,(H,29,31)(H,30,32);2-7H;1-6H,21-22H2;1-3,16-17H;;1-3H,8-9H2;;1H4;1H;1H3. The van der Waals surface area contributed by atoms with Gasteiger partial charge in [0.25, 0.3) is 33.4 Å². The molecule has 0 atom stereocenters. The number of halogens is 30. The first-order chi connectivity index (χ1) is 63.9. The van der Waals surface area contributed by atoms with Crippen molar-refractivity contribution in [1.82, 2.24) is 46.0 Å². The average Bonchev–Trinajstić information content (AvgIpc) is 0.758. The summed E-state index contributed by atoms with van der Waals surface area (Å²) in [5.74, 6) is -2.34. The molecule has 0 fully saturated rings. The van der Waals surface area contributed by atoms with Crippen LogP contribution in [0.15, 0.2) is 172 Å². The molecule has 8 aromatic carbocycles. The van der Waals surface area contributed by atoms with Crippen molar-refractivity contribution < 1.29 is 125 Å². The number of alkyl halides is 24. The highest BCUT2D eigenvalue weighted by Crippen LogP contribution is 2.47. The van der Waals surface area contributed by atoms with Crippen molar-refractivity contribution in [2.75, 3.05) is 33.6 Å². The minimum absolute atomic E-state index is 0. The van der Waals surface area contributed by atoms with Gasteiger partial charge in [0.1, 0.15) is 12.1 Å². The third-order valence-corrected chi connectivity index (χ3v) is 19.3. The van der Waals surface area contributed by atoms with E-state index in [1.165, 1.54) is 54.6 Å². The van der Waals surface area contributed by atoms with Gasteiger partial charge in [-0.1, -0.05) is 113 Å². The summed E-state index contributed by atoms with van der Waals surface area (Å²) < 4.78 is 309. The zero-order chi connectivity index (χ0) is 104. The zero-order valence-electron chi connectivity index (χ0n) is 67.7. The van der Waals surface area contributed by atoms with Crippen LogP contribution in [0.5, 0.6) is 0 Å². The number of carbonyl (C=O) groups excluding carboxylic acids is 2. The second-order valence-corrected chi connectivity index (χ2v) is 29.0. The van der Waals surface area contributed by atoms with E-state index in [1.54, 1.807) is 24.3 Å². The van der Waals surface area contributed by atoms with Crippen LogP contribution in [0.25, 0.3) is 84.8 Å². The number of nitriles is 2. The van der Waals surface area contributed by atoms with Crippen LogP contribution in [0.2, 0.25) is 10.3 Å². The predicted molar refractivity (Wildman–Crippen MR) is 481 cm³/mol. The number of allylic oxidation sites excluding steroid dienone is 2. The SMILES string of the molecule is C.I.N.Nc1ccc(-c2cc(C(F)(F)F)cc(C(F)(F)F)c2)cc1N.Nc1ccc(Br)cc1N.OB(O)c1cc(C(F)(F)F)cc(C(F)(F)F)c1.[C-]#[N+]C1=C([N+]#[C-])C(=O)C(Cl)=C(Cl)C1=O.[C-]#[N+]c1nc(Cl)c(Cl)nc1[N+]#[C-].[C-]#[N+]c1nc2c(nc1C#N)Nc1ccc(-c3cc(C(F)(F)F)cc(C(F)(F)F)c3)cc1N2.[C-]#[N+]c1nc2nc3cc(-c4cc(C(F)(F)F)cc(C(F)(F)F)c4)ccc3nc2nc1C#N. The average molecular weight is 2240 g/mol. The van der Waals surface area contributed by atoms with Gasteiger partial charge in [0.2, 0.25) is 17.0 Å². The maximum atomic E-state index is 13.2. The Hall–Kier alpha value is -15.2. The van der Waals surface area contributed by atoms with Crippen LogP contribution >= 0.6 is 86.3 Å². The van der Waals surface area contributed by atoms with Crippen LogP contribution in [0.4, 0.5) is 174 Å². The summed E-state index contributed by atoms with van der Waals surface area (Å²) in [7, 11) is -2.40. The van der Waals surface area contributed by atoms with Gasteiger partial charge in [-0.25, -0.2) is 29.6 Å². The van der Waals surface area contributed by atoms with Gasteiger partial charge in [-0.2, -0.15) is 116 Å². The summed E-state index contributed by atoms with van der Waals surface area (Å²) >= 11 is 25.0. The summed E-state index contributed by atoms with van der Waals surface area (Å²) in [6.45, 7) is 40.7. The van der Waals surface area contributed by atoms with Gasteiger partial charge < -0.3 is 78.7 Å². The van der Waals surface area contributed by atoms with Crippen molar-refractivity contribution in [3.05, 3.63) is 306 Å². The normalized spacial score (nSPS) is 12.0. The number of Topliss-reactive ketones (excluding diaryl/α,β-unsaturated/α-hetero) is 2. The van der Waals surface area contributed by atoms with Gasteiger partial charge in [0.05, 0.1) is 113 Å². The van der Waals surface area contributed by atoms with E-state index < -0.39 is 140 Å². The fourth-order valence-electron chi connectivity index (χ4n) is 10.9. The predicted octanol–water partition coefficient (Wildman–Crippen LogP) is 25.9. The van der Waals surface area contributed by atoms with E-state index in [4.69, 9.17) is 129 Å². The van der Waals surface area contributed by atoms with E-state index in [0.29, 0.717) is 53.5 Å². The van der Waals surface area contributed by atoms with E-state index in [9.17, 15) is 115 Å². The van der Waals surface area contributed by atoms with Gasteiger partial charge in [0, 0.05) is 4.47 Å². The number of benzene rings is 8. The van der Waals surface area contributed by atoms with Crippen molar-refractivity contribution in [3.63, 3.8) is 0 Å². The maximum Gasteiger partial charge on any atom is 0.488 e. The molecule has 0 saturated heterocycles. The van der Waals surface area contributed by atoms with E-state index in [0.717, 1.165) is 4.47 Å². The quantitative estimate of drug-likeness (QED) is 0.0150. The lowest BCUT2D eigenvalue weighted by Crippen LogP contribution is -2.32. The first kappa shape index (κ1) is 116. The number of rotatable bonds is 4. The summed E-state index contributed by atoms with van der Waals surface area (Å²) in [6, 6.07) is 25.1. The molecule has 12 aromatic rings. The lowest BCUT2D eigenvalue weighted by atomic mass is 9.78. The molecular formula is C83H44BBrCl4F24IN23O4. The van der Waals surface area contributed by atoms with Gasteiger partial charge in [-0.05, 0) is 177 Å². The van der Waals surface area contributed by atoms with Crippen molar-refractivity contribution in [1.29, 1.82) is 10.5 Å². The summed E-state index contributed by atoms with van der Waals surface area (Å²) in [4.78, 5) is 71.4. The Morgan fingerprint density at radius 1 is 0.355 bits per heavy atom. The summed E-state index contributed by atoms with van der Waals surface area (Å²) in [6.07, 6.45) is -39.7. The summed E-state index contributed by atoms with van der Waals surface area (Å²) in [5.41, 5.74) is 9.58. The molecule has 1 aliphatic heterocycles. The molecule has 5 heterocycles. The number of anilines is 8. The van der Waals surface area contributed by atoms with E-state index in [-0.39, 0.29) is 203 Å². The molecule has 0 saturated carbocycles. The van der Waals surface area contributed by atoms with Crippen molar-refractivity contribution in [2.24, 2.45) is 0 Å². The first-order valence-electron chi connectivity index (χ1n) is 35.7. The van der Waals surface area contributed by atoms with Gasteiger partial charge in [0.15, 0.2) is 28.8 Å². The number of carbonyl (C=O) groups is 2. The van der Waals surface area contributed by atoms with Crippen LogP contribution < -0.4 is 45.2 Å². The fourth-order valence-corrected chi connectivity index (χ4v) is 11.9. The molecule has 141 heavy (non-hydrogen) atoms. The molecule has 2 aliphatic rings. The van der Waals surface area contributed by atoms with E-state index >= 15 is 0 Å². The Morgan fingerprint density at radius 3 is 1.01 bits per heavy atom. The molecule has 0 spiro atoms. The van der Waals surface area contributed by atoms with Crippen molar-refractivity contribution in [2.45, 2.75) is 56.8 Å². The molecule has 1 aliphatic carbocycles. The maximum absolute atomic E-state index is 13.2. The zero-order valence-corrected chi connectivity index (χ0v) is 74.6. The van der Waals surface area contributed by atoms with Crippen molar-refractivity contribution >= 4 is 202 Å². The molecule has 14 rings (SSSR count). The molecule has 27 nitrogen and oxygen atoms in total. The molecular weight excluding hydrogens is 2200 g/mol. The van der Waals surface area contributed by atoms with Gasteiger partial charge in [-0.3, -0.25) is 0 Å². The lowest BCUT2D eigenvalue weighted by Gasteiger charge is -2.21. The van der Waals surface area contributed by atoms with Crippen LogP contribution in [-0.2, 0) is 59.0 Å². The number of nitrogens with zero attached hydrogens (tertiary/aromatic N) is 16. The number of nitrogen functional groups attached to an aromatic ring is 4. The molecule has 0 amide bonds. The number of hydrogen-bond acceptors (Lipinski definition) is 21. The monoisotopic (exact) mass is 2240 g/mol. The number of ketones is 2. The number of nitrogens with two attached hydrogens (primary N) is 4. The Bertz CT molecular complexity index is 7130. The third kappa shape index (κ3) is 29.4. The second-order valence-electron chi connectivity index (χ2n) is 26.6. The number of nitrogens with one attached hydrogen (secondary N) is 2. The van der Waals surface area contributed by atoms with Gasteiger partial charge >= 0.3 is 68.2 Å². The van der Waals surface area contributed by atoms with E-state index in [2.05, 4.69) is 95.5 Å². The smallest absolute Gasteiger partial charge is 0.423 e. The topological polar surface area (TPSA) is 415 Å².